The van der Waals surface area contributed by atoms with Crippen LogP contribution in [-0.2, 0) is 4.79 Å². The van der Waals surface area contributed by atoms with E-state index < -0.39 is 17.9 Å². The third-order valence-electron chi connectivity index (χ3n) is 2.41. The number of carbonyl (C=O) groups excluding carboxylic acids is 2. The van der Waals surface area contributed by atoms with E-state index in [1.165, 1.54) is 29.2 Å². The molecule has 20 heavy (non-hydrogen) atoms. The van der Waals surface area contributed by atoms with Gasteiger partial charge in [0.05, 0.1) is 25.3 Å². The number of nitrogens with two attached hydrogens (primary N) is 1. The highest BCUT2D eigenvalue weighted by Crippen LogP contribution is 2.15. The van der Waals surface area contributed by atoms with Gasteiger partial charge in [-0.05, 0) is 24.3 Å². The number of nitrogens with zero attached hydrogens (tertiary/aromatic N) is 1. The molecule has 0 atom stereocenters. The second kappa shape index (κ2) is 7.10. The summed E-state index contributed by atoms with van der Waals surface area (Å²) < 4.78 is 0. The van der Waals surface area contributed by atoms with Crippen molar-refractivity contribution < 1.29 is 24.6 Å². The summed E-state index contributed by atoms with van der Waals surface area (Å²) in [5.74, 6) is -1.77. The maximum absolute atomic E-state index is 11.8. The van der Waals surface area contributed by atoms with Crippen LogP contribution in [0.4, 0.5) is 10.5 Å². The molecule has 1 rings (SSSR count). The van der Waals surface area contributed by atoms with E-state index in [2.05, 4.69) is 5.32 Å². The Kier molecular flexibility index (Phi) is 5.48. The molecule has 0 saturated carbocycles. The molecule has 1 aromatic carbocycles. The molecular weight excluding hydrogens is 266 g/mol. The van der Waals surface area contributed by atoms with Crippen LogP contribution in [0.15, 0.2) is 24.3 Å². The molecule has 0 aliphatic rings. The first kappa shape index (κ1) is 15.4. The molecule has 0 aliphatic carbocycles. The average molecular weight is 281 g/mol. The van der Waals surface area contributed by atoms with Crippen LogP contribution in [0.3, 0.4) is 0 Å². The smallest absolute Gasteiger partial charge is 0.335 e. The van der Waals surface area contributed by atoms with Crippen LogP contribution >= 0.6 is 0 Å². The minimum absolute atomic E-state index is 0.00296. The number of carboxylic acids is 1. The first-order valence-electron chi connectivity index (χ1n) is 5.73. The minimum Gasteiger partial charge on any atom is -0.478 e. The Hall–Kier alpha value is -2.61. The molecule has 0 unspecified atom stereocenters. The lowest BCUT2D eigenvalue weighted by Crippen LogP contribution is -2.44. The second-order valence-electron chi connectivity index (χ2n) is 3.85. The number of aromatic carboxylic acids is 1. The van der Waals surface area contributed by atoms with E-state index in [0.717, 1.165) is 0 Å². The van der Waals surface area contributed by atoms with E-state index in [4.69, 9.17) is 15.9 Å². The Morgan fingerprint density at radius 2 is 1.80 bits per heavy atom. The number of primary amides is 1. The lowest BCUT2D eigenvalue weighted by molar-refractivity contribution is -0.117. The molecule has 0 aromatic heterocycles. The number of hydrogen-bond donors (Lipinski definition) is 4. The quantitative estimate of drug-likeness (QED) is 0.551. The van der Waals surface area contributed by atoms with Gasteiger partial charge in [-0.3, -0.25) is 9.69 Å². The highest BCUT2D eigenvalue weighted by atomic mass is 16.4. The zero-order valence-electron chi connectivity index (χ0n) is 10.6. The van der Waals surface area contributed by atoms with Crippen LogP contribution in [0.25, 0.3) is 0 Å². The first-order valence-corrected chi connectivity index (χ1v) is 5.73. The second-order valence-corrected chi connectivity index (χ2v) is 3.85. The lowest BCUT2D eigenvalue weighted by atomic mass is 10.2. The van der Waals surface area contributed by atoms with Gasteiger partial charge >= 0.3 is 12.0 Å². The predicted molar refractivity (Wildman–Crippen MR) is 70.4 cm³/mol. The number of amides is 3. The maximum Gasteiger partial charge on any atom is 0.335 e. The monoisotopic (exact) mass is 281 g/mol. The average Bonchev–Trinajstić information content (AvgIpc) is 2.42. The SMILES string of the molecule is NC(=O)CNC(=O)N(CCO)c1ccc(C(=O)O)cc1. The van der Waals surface area contributed by atoms with Crippen molar-refractivity contribution in [1.29, 1.82) is 0 Å². The Morgan fingerprint density at radius 3 is 2.25 bits per heavy atom. The van der Waals surface area contributed by atoms with E-state index in [-0.39, 0.29) is 25.3 Å². The van der Waals surface area contributed by atoms with Gasteiger partial charge in [0.2, 0.25) is 5.91 Å². The van der Waals surface area contributed by atoms with Crippen molar-refractivity contribution in [3.05, 3.63) is 29.8 Å². The fourth-order valence-electron chi connectivity index (χ4n) is 1.49. The molecule has 3 amide bonds. The van der Waals surface area contributed by atoms with Crippen LogP contribution in [0.2, 0.25) is 0 Å². The van der Waals surface area contributed by atoms with Crippen LogP contribution in [0.5, 0.6) is 0 Å². The molecule has 8 nitrogen and oxygen atoms in total. The van der Waals surface area contributed by atoms with Gasteiger partial charge in [-0.25, -0.2) is 9.59 Å². The summed E-state index contributed by atoms with van der Waals surface area (Å²) in [6, 6.07) is 4.93. The van der Waals surface area contributed by atoms with Crippen LogP contribution in [0.1, 0.15) is 10.4 Å². The van der Waals surface area contributed by atoms with Gasteiger partial charge < -0.3 is 21.3 Å². The van der Waals surface area contributed by atoms with Crippen LogP contribution < -0.4 is 16.0 Å². The summed E-state index contributed by atoms with van der Waals surface area (Å²) in [4.78, 5) is 34.4. The van der Waals surface area contributed by atoms with Crippen molar-refractivity contribution >= 4 is 23.6 Å². The molecule has 0 radical (unpaired) electrons. The Labute approximate surface area is 114 Å². The maximum atomic E-state index is 11.8. The fourth-order valence-corrected chi connectivity index (χ4v) is 1.49. The summed E-state index contributed by atoms with van der Waals surface area (Å²) in [6.45, 7) is -0.615. The highest BCUT2D eigenvalue weighted by Gasteiger charge is 2.16. The summed E-state index contributed by atoms with van der Waals surface area (Å²) in [6.07, 6.45) is 0. The third kappa shape index (κ3) is 4.25. The molecular formula is C12H15N3O5. The number of urea groups is 1. The topological polar surface area (TPSA) is 133 Å². The van der Waals surface area contributed by atoms with Gasteiger partial charge in [0.15, 0.2) is 0 Å². The lowest BCUT2D eigenvalue weighted by Gasteiger charge is -2.22. The first-order chi connectivity index (χ1) is 9.45. The summed E-state index contributed by atoms with van der Waals surface area (Å²) in [5.41, 5.74) is 5.39. The van der Waals surface area contributed by atoms with Gasteiger partial charge in [-0.2, -0.15) is 0 Å². The zero-order valence-corrected chi connectivity index (χ0v) is 10.6. The van der Waals surface area contributed by atoms with Gasteiger partial charge in [0.1, 0.15) is 0 Å². The minimum atomic E-state index is -1.08. The van der Waals surface area contributed by atoms with E-state index >= 15 is 0 Å². The summed E-state index contributed by atoms with van der Waals surface area (Å²) in [5, 5.41) is 20.0. The van der Waals surface area contributed by atoms with Gasteiger partial charge in [-0.1, -0.05) is 0 Å². The van der Waals surface area contributed by atoms with Gasteiger partial charge in [0, 0.05) is 5.69 Å². The van der Waals surface area contributed by atoms with E-state index in [1.54, 1.807) is 0 Å². The number of rotatable bonds is 6. The number of nitrogens with one attached hydrogen (secondary N) is 1. The number of benzene rings is 1. The molecule has 0 saturated heterocycles. The molecule has 1 aromatic rings. The molecule has 0 heterocycles. The number of carboxylic acid groups (broad SMARTS) is 1. The van der Waals surface area contributed by atoms with E-state index in [9.17, 15) is 14.4 Å². The van der Waals surface area contributed by atoms with Crippen LogP contribution in [0, 0.1) is 0 Å². The fraction of sp³-hybridized carbons (Fsp3) is 0.250. The van der Waals surface area contributed by atoms with Crippen molar-refractivity contribution in [1.82, 2.24) is 5.32 Å². The molecule has 0 fully saturated rings. The predicted octanol–water partition coefficient (Wildman–Crippen LogP) is -0.622. The largest absolute Gasteiger partial charge is 0.478 e. The number of aliphatic hydroxyl groups excluding tert-OH is 1. The number of aliphatic hydroxyl groups is 1. The summed E-state index contributed by atoms with van der Waals surface area (Å²) >= 11 is 0. The number of carbonyl (C=O) groups is 3. The van der Waals surface area contributed by atoms with Crippen molar-refractivity contribution in [2.24, 2.45) is 5.73 Å². The number of hydrogen-bond acceptors (Lipinski definition) is 4. The molecule has 0 bridgehead atoms. The Bertz CT molecular complexity index is 500. The van der Waals surface area contributed by atoms with Crippen molar-refractivity contribution in [2.45, 2.75) is 0 Å². The normalized spacial score (nSPS) is 9.85. The molecule has 5 N–H and O–H groups in total. The van der Waals surface area contributed by atoms with E-state index in [0.29, 0.717) is 5.69 Å². The molecule has 0 spiro atoms. The van der Waals surface area contributed by atoms with Gasteiger partial charge in [-0.15, -0.1) is 0 Å². The zero-order chi connectivity index (χ0) is 15.1. The van der Waals surface area contributed by atoms with Gasteiger partial charge in [0.25, 0.3) is 0 Å². The molecule has 8 heteroatoms. The summed E-state index contributed by atoms with van der Waals surface area (Å²) in [7, 11) is 0. The Morgan fingerprint density at radius 1 is 1.20 bits per heavy atom. The van der Waals surface area contributed by atoms with Crippen molar-refractivity contribution in [3.8, 4) is 0 Å². The highest BCUT2D eigenvalue weighted by molar-refractivity contribution is 5.95. The third-order valence-corrected chi connectivity index (χ3v) is 2.41. The van der Waals surface area contributed by atoms with Crippen LogP contribution in [-0.4, -0.2) is 47.8 Å². The van der Waals surface area contributed by atoms with Crippen molar-refractivity contribution in [2.75, 3.05) is 24.6 Å². The number of anilines is 1. The Balaban J connectivity index is 2.86. The standard InChI is InChI=1S/C12H15N3O5/c13-10(17)7-14-12(20)15(5-6-16)9-3-1-8(2-4-9)11(18)19/h1-4,16H,5-7H2,(H2,13,17)(H,14,20)(H,18,19). The van der Waals surface area contributed by atoms with Crippen molar-refractivity contribution in [3.63, 3.8) is 0 Å². The van der Waals surface area contributed by atoms with E-state index in [1.807, 2.05) is 0 Å². The molecule has 0 aliphatic heterocycles. The molecule has 108 valence electrons.